The lowest BCUT2D eigenvalue weighted by atomic mass is 9.95. The van der Waals surface area contributed by atoms with Crippen molar-refractivity contribution in [3.05, 3.63) is 82.8 Å². The summed E-state index contributed by atoms with van der Waals surface area (Å²) in [5, 5.41) is 14.1. The van der Waals surface area contributed by atoms with E-state index in [9.17, 15) is 9.50 Å². The number of nitrogens with one attached hydrogen (secondary N) is 1. The van der Waals surface area contributed by atoms with Crippen LogP contribution in [0.3, 0.4) is 0 Å². The van der Waals surface area contributed by atoms with Crippen LogP contribution in [0.5, 0.6) is 5.75 Å². The average molecular weight is 521 g/mol. The first kappa shape index (κ1) is 23.7. The maximum atomic E-state index is 13.6. The standard InChI is InChI=1S/C27H26ClFN6O2/c1-27(36)13-35(14-27)25-20-9-8-19(16-3-5-17(29)6-4-16)24(20)32-26(33-25)31-18-7-10-21(22(11-18)37-2)34-12-23(28)30-15-34/h3-7,10-12,15,19,36H,8-9,13-14H2,1-2H3,(H,31,32,33). The predicted octanol–water partition coefficient (Wildman–Crippen LogP) is 4.86. The second-order valence-corrected chi connectivity index (χ2v) is 10.2. The normalized spacial score (nSPS) is 17.9. The van der Waals surface area contributed by atoms with Gasteiger partial charge in [-0.3, -0.25) is 0 Å². The smallest absolute Gasteiger partial charge is 0.229 e. The molecule has 0 radical (unpaired) electrons. The molecule has 2 aromatic heterocycles. The number of halogens is 2. The monoisotopic (exact) mass is 520 g/mol. The number of benzene rings is 2. The van der Waals surface area contributed by atoms with Crippen LogP contribution in [0, 0.1) is 5.82 Å². The van der Waals surface area contributed by atoms with Crippen molar-refractivity contribution in [3.63, 3.8) is 0 Å². The summed E-state index contributed by atoms with van der Waals surface area (Å²) in [6, 6.07) is 12.3. The van der Waals surface area contributed by atoms with E-state index >= 15 is 0 Å². The van der Waals surface area contributed by atoms with Gasteiger partial charge in [0, 0.05) is 42.5 Å². The number of hydrogen-bond donors (Lipinski definition) is 2. The lowest BCUT2D eigenvalue weighted by molar-refractivity contribution is 0.0304. The van der Waals surface area contributed by atoms with E-state index in [1.165, 1.54) is 12.1 Å². The van der Waals surface area contributed by atoms with Gasteiger partial charge in [0.25, 0.3) is 0 Å². The van der Waals surface area contributed by atoms with Crippen molar-refractivity contribution in [2.45, 2.75) is 31.3 Å². The third-order valence-corrected chi connectivity index (χ3v) is 7.13. The minimum Gasteiger partial charge on any atom is -0.494 e. The van der Waals surface area contributed by atoms with Crippen molar-refractivity contribution in [1.29, 1.82) is 0 Å². The zero-order valence-corrected chi connectivity index (χ0v) is 21.2. The van der Waals surface area contributed by atoms with E-state index in [0.29, 0.717) is 29.9 Å². The SMILES string of the molecule is COc1cc(Nc2nc3c(c(N4CC(C)(O)C4)n2)CCC3c2ccc(F)cc2)ccc1-n1cnc(Cl)c1. The molecule has 0 spiro atoms. The molecule has 10 heteroatoms. The highest BCUT2D eigenvalue weighted by atomic mass is 35.5. The first-order chi connectivity index (χ1) is 17.8. The third-order valence-electron chi connectivity index (χ3n) is 6.93. The van der Waals surface area contributed by atoms with Gasteiger partial charge in [0.15, 0.2) is 0 Å². The molecule has 2 aliphatic rings. The van der Waals surface area contributed by atoms with E-state index < -0.39 is 5.60 Å². The minimum atomic E-state index is -0.736. The van der Waals surface area contributed by atoms with Crippen LogP contribution in [0.1, 0.15) is 36.1 Å². The Bertz CT molecular complexity index is 1460. The second kappa shape index (κ2) is 9.00. The quantitative estimate of drug-likeness (QED) is 0.375. The number of aromatic nitrogens is 4. The first-order valence-corrected chi connectivity index (χ1v) is 12.5. The van der Waals surface area contributed by atoms with Crippen LogP contribution in [0.2, 0.25) is 5.15 Å². The van der Waals surface area contributed by atoms with Crippen LogP contribution in [-0.2, 0) is 6.42 Å². The summed E-state index contributed by atoms with van der Waals surface area (Å²) < 4.78 is 21.0. The van der Waals surface area contributed by atoms with E-state index in [1.807, 2.05) is 37.3 Å². The van der Waals surface area contributed by atoms with Gasteiger partial charge in [-0.15, -0.1) is 0 Å². The topological polar surface area (TPSA) is 88.3 Å². The molecule has 2 N–H and O–H groups in total. The van der Waals surface area contributed by atoms with Crippen molar-refractivity contribution in [2.75, 3.05) is 30.4 Å². The molecule has 1 saturated heterocycles. The molecule has 3 heterocycles. The van der Waals surface area contributed by atoms with E-state index in [0.717, 1.165) is 46.9 Å². The summed E-state index contributed by atoms with van der Waals surface area (Å²) in [6.07, 6.45) is 5.02. The Balaban J connectivity index is 1.37. The van der Waals surface area contributed by atoms with Gasteiger partial charge in [-0.25, -0.2) is 14.4 Å². The number of nitrogens with zero attached hydrogens (tertiary/aromatic N) is 5. The number of aliphatic hydroxyl groups is 1. The lowest BCUT2D eigenvalue weighted by Gasteiger charge is -2.45. The largest absolute Gasteiger partial charge is 0.494 e. The van der Waals surface area contributed by atoms with Gasteiger partial charge in [-0.1, -0.05) is 23.7 Å². The highest BCUT2D eigenvalue weighted by Gasteiger charge is 2.40. The van der Waals surface area contributed by atoms with Crippen LogP contribution < -0.4 is 15.0 Å². The fraction of sp³-hybridized carbons (Fsp3) is 0.296. The number of ether oxygens (including phenoxy) is 1. The maximum absolute atomic E-state index is 13.6. The average Bonchev–Trinajstić information content (AvgIpc) is 3.49. The Morgan fingerprint density at radius 2 is 1.95 bits per heavy atom. The highest BCUT2D eigenvalue weighted by Crippen LogP contribution is 2.43. The molecule has 1 aliphatic carbocycles. The summed E-state index contributed by atoms with van der Waals surface area (Å²) in [5.41, 5.74) is 3.85. The van der Waals surface area contributed by atoms with Crippen molar-refractivity contribution < 1.29 is 14.2 Å². The van der Waals surface area contributed by atoms with Gasteiger partial charge >= 0.3 is 0 Å². The molecule has 1 aliphatic heterocycles. The molecule has 0 saturated carbocycles. The Kier molecular flexibility index (Phi) is 5.77. The molecule has 4 aromatic rings. The Labute approximate surface area is 218 Å². The van der Waals surface area contributed by atoms with Crippen molar-refractivity contribution >= 4 is 29.1 Å². The number of β-amino-alcohol motifs (C(OH)–C–C–N with tert-alkyl or cyclic N) is 1. The van der Waals surface area contributed by atoms with Gasteiger partial charge in [0.1, 0.15) is 28.9 Å². The molecule has 2 aromatic carbocycles. The van der Waals surface area contributed by atoms with Crippen LogP contribution >= 0.6 is 11.6 Å². The predicted molar refractivity (Wildman–Crippen MR) is 140 cm³/mol. The Morgan fingerprint density at radius 3 is 2.62 bits per heavy atom. The number of hydrogen-bond acceptors (Lipinski definition) is 7. The minimum absolute atomic E-state index is 0.0441. The summed E-state index contributed by atoms with van der Waals surface area (Å²) in [4.78, 5) is 16.0. The number of imidazole rings is 1. The molecule has 190 valence electrons. The molecule has 37 heavy (non-hydrogen) atoms. The number of fused-ring (bicyclic) bond motifs is 1. The second-order valence-electron chi connectivity index (χ2n) is 9.85. The number of anilines is 3. The van der Waals surface area contributed by atoms with Crippen LogP contribution in [-0.4, -0.2) is 50.4 Å². The molecule has 1 fully saturated rings. The maximum Gasteiger partial charge on any atom is 0.229 e. The van der Waals surface area contributed by atoms with Crippen molar-refractivity contribution in [1.82, 2.24) is 19.5 Å². The van der Waals surface area contributed by atoms with Gasteiger partial charge in [0.2, 0.25) is 5.95 Å². The molecule has 8 nitrogen and oxygen atoms in total. The fourth-order valence-corrected chi connectivity index (χ4v) is 5.38. The summed E-state index contributed by atoms with van der Waals surface area (Å²) in [7, 11) is 1.61. The van der Waals surface area contributed by atoms with Crippen LogP contribution in [0.15, 0.2) is 55.0 Å². The summed E-state index contributed by atoms with van der Waals surface area (Å²) >= 11 is 5.99. The molecule has 0 amide bonds. The molecular weight excluding hydrogens is 495 g/mol. The zero-order chi connectivity index (χ0) is 25.7. The van der Waals surface area contributed by atoms with Gasteiger partial charge in [-0.2, -0.15) is 4.98 Å². The highest BCUT2D eigenvalue weighted by molar-refractivity contribution is 6.29. The number of methoxy groups -OCH3 is 1. The van der Waals surface area contributed by atoms with Gasteiger partial charge < -0.3 is 24.6 Å². The molecule has 1 atom stereocenters. The molecular formula is C27H26ClFN6O2. The van der Waals surface area contributed by atoms with Crippen molar-refractivity contribution in [3.8, 4) is 11.4 Å². The van der Waals surface area contributed by atoms with Crippen molar-refractivity contribution in [2.24, 2.45) is 0 Å². The van der Waals surface area contributed by atoms with E-state index in [4.69, 9.17) is 26.3 Å². The Hall–Kier alpha value is -3.69. The first-order valence-electron chi connectivity index (χ1n) is 12.1. The van der Waals surface area contributed by atoms with Gasteiger partial charge in [-0.05, 0) is 49.6 Å². The van der Waals surface area contributed by atoms with E-state index in [2.05, 4.69) is 15.2 Å². The molecule has 1 unspecified atom stereocenters. The fourth-order valence-electron chi connectivity index (χ4n) is 5.23. The molecule has 6 rings (SSSR count). The van der Waals surface area contributed by atoms with Gasteiger partial charge in [0.05, 0.1) is 24.1 Å². The number of rotatable bonds is 6. The summed E-state index contributed by atoms with van der Waals surface area (Å²) in [5.74, 6) is 1.70. The third kappa shape index (κ3) is 4.49. The lowest BCUT2D eigenvalue weighted by Crippen LogP contribution is -2.60. The van der Waals surface area contributed by atoms with Crippen LogP contribution in [0.4, 0.5) is 21.8 Å². The van der Waals surface area contributed by atoms with Crippen LogP contribution in [0.25, 0.3) is 5.69 Å². The Morgan fingerprint density at radius 1 is 1.16 bits per heavy atom. The van der Waals surface area contributed by atoms with E-state index in [-0.39, 0.29) is 11.7 Å². The summed E-state index contributed by atoms with van der Waals surface area (Å²) in [6.45, 7) is 2.84. The van der Waals surface area contributed by atoms with E-state index in [1.54, 1.807) is 24.2 Å². The zero-order valence-electron chi connectivity index (χ0n) is 20.4. The molecule has 0 bridgehead atoms.